The molecular formula is C25H23F9O. The Hall–Kier alpha value is -2.23. The fourth-order valence-corrected chi connectivity index (χ4v) is 5.10. The Morgan fingerprint density at radius 1 is 0.914 bits per heavy atom. The van der Waals surface area contributed by atoms with Gasteiger partial charge < -0.3 is 4.74 Å². The zero-order valence-electron chi connectivity index (χ0n) is 18.7. The highest BCUT2D eigenvalue weighted by atomic mass is 19.4. The van der Waals surface area contributed by atoms with E-state index in [2.05, 4.69) is 11.7 Å². The van der Waals surface area contributed by atoms with E-state index < -0.39 is 59.1 Å². The normalized spacial score (nSPS) is 24.8. The second kappa shape index (κ2) is 9.01. The van der Waals surface area contributed by atoms with Gasteiger partial charge in [0.15, 0.2) is 6.10 Å². The zero-order valence-corrected chi connectivity index (χ0v) is 18.7. The molecule has 2 aliphatic rings. The van der Waals surface area contributed by atoms with Crippen LogP contribution in [0.3, 0.4) is 0 Å². The molecule has 0 radical (unpaired) electrons. The molecule has 10 heteroatoms. The fourth-order valence-electron chi connectivity index (χ4n) is 5.10. The van der Waals surface area contributed by atoms with Crippen molar-refractivity contribution in [1.82, 2.24) is 0 Å². The molecule has 0 spiro atoms. The largest absolute Gasteiger partial charge is 0.456 e. The van der Waals surface area contributed by atoms with Crippen LogP contribution in [0.2, 0.25) is 0 Å². The summed E-state index contributed by atoms with van der Waals surface area (Å²) in [5, 5.41) is 0. The van der Waals surface area contributed by atoms with Crippen LogP contribution >= 0.6 is 0 Å². The number of halogens is 9. The molecule has 192 valence electrons. The summed E-state index contributed by atoms with van der Waals surface area (Å²) in [7, 11) is 0. The van der Waals surface area contributed by atoms with Crippen LogP contribution in [0.5, 0.6) is 0 Å². The lowest BCUT2D eigenvalue weighted by Gasteiger charge is -2.38. The lowest BCUT2D eigenvalue weighted by Crippen LogP contribution is -2.57. The molecule has 1 heterocycles. The van der Waals surface area contributed by atoms with Crippen molar-refractivity contribution in [2.24, 2.45) is 5.92 Å². The van der Waals surface area contributed by atoms with E-state index in [0.29, 0.717) is 17.5 Å². The average Bonchev–Trinajstić information content (AvgIpc) is 2.77. The quantitative estimate of drug-likeness (QED) is 0.375. The Balaban J connectivity index is 1.64. The van der Waals surface area contributed by atoms with E-state index in [1.54, 1.807) is 0 Å². The standard InChI is InChI=1S/C25H23F9O/c1-2-13-3-5-14(6-4-13)16-10-19(26)21(20(27)11-16)15-7-8-18-17(9-15)12-35-22(23(18,28)29)24(30,31)25(32,33)34/h7-11,13-14,22H,2-6,12H2,1H3. The van der Waals surface area contributed by atoms with Gasteiger partial charge >= 0.3 is 18.0 Å². The van der Waals surface area contributed by atoms with Crippen molar-refractivity contribution >= 4 is 0 Å². The number of benzene rings is 2. The SMILES string of the molecule is CCC1CCC(c2cc(F)c(-c3ccc4c(c3)COC(C(F)(F)C(F)(F)F)C4(F)F)c(F)c2)CC1. The van der Waals surface area contributed by atoms with Crippen LogP contribution in [0.4, 0.5) is 39.5 Å². The summed E-state index contributed by atoms with van der Waals surface area (Å²) in [6.07, 6.45) is -5.45. The number of fused-ring (bicyclic) bond motifs is 1. The number of hydrogen-bond acceptors (Lipinski definition) is 1. The van der Waals surface area contributed by atoms with E-state index in [-0.39, 0.29) is 11.5 Å². The highest BCUT2D eigenvalue weighted by Gasteiger charge is 2.71. The first-order valence-corrected chi connectivity index (χ1v) is 11.3. The van der Waals surface area contributed by atoms with E-state index in [0.717, 1.165) is 44.2 Å². The molecule has 35 heavy (non-hydrogen) atoms. The van der Waals surface area contributed by atoms with Crippen LogP contribution in [0.15, 0.2) is 30.3 Å². The van der Waals surface area contributed by atoms with Crippen LogP contribution in [0.1, 0.15) is 61.6 Å². The van der Waals surface area contributed by atoms with Gasteiger partial charge in [0.25, 0.3) is 0 Å². The third kappa shape index (κ3) is 4.54. The number of ether oxygens (including phenoxy) is 1. The molecule has 1 nitrogen and oxygen atoms in total. The van der Waals surface area contributed by atoms with Crippen LogP contribution < -0.4 is 0 Å². The molecule has 2 aromatic carbocycles. The molecule has 1 atom stereocenters. The maximum Gasteiger partial charge on any atom is 0.456 e. The average molecular weight is 510 g/mol. The van der Waals surface area contributed by atoms with Crippen molar-refractivity contribution in [2.75, 3.05) is 0 Å². The molecule has 1 unspecified atom stereocenters. The molecule has 1 aliphatic heterocycles. The van der Waals surface area contributed by atoms with E-state index in [1.165, 1.54) is 12.1 Å². The minimum Gasteiger partial charge on any atom is -0.360 e. The summed E-state index contributed by atoms with van der Waals surface area (Å²) in [6.45, 7) is 1.09. The minimum absolute atomic E-state index is 0.00120. The topological polar surface area (TPSA) is 9.23 Å². The molecule has 0 N–H and O–H groups in total. The Morgan fingerprint density at radius 3 is 2.06 bits per heavy atom. The van der Waals surface area contributed by atoms with E-state index >= 15 is 0 Å². The summed E-state index contributed by atoms with van der Waals surface area (Å²) in [6, 6.07) is 4.85. The van der Waals surface area contributed by atoms with Crippen molar-refractivity contribution in [3.8, 4) is 11.1 Å². The Bertz CT molecular complexity index is 1060. The van der Waals surface area contributed by atoms with Crippen LogP contribution in [0, 0.1) is 17.6 Å². The molecule has 1 fully saturated rings. The molecule has 0 aromatic heterocycles. The summed E-state index contributed by atoms with van der Waals surface area (Å²) < 4.78 is 129. The molecular weight excluding hydrogens is 487 g/mol. The molecule has 0 bridgehead atoms. The molecule has 0 saturated heterocycles. The lowest BCUT2D eigenvalue weighted by molar-refractivity contribution is -0.355. The van der Waals surface area contributed by atoms with Crippen molar-refractivity contribution < 1.29 is 44.3 Å². The monoisotopic (exact) mass is 510 g/mol. The summed E-state index contributed by atoms with van der Waals surface area (Å²) in [5.41, 5.74) is -1.68. The van der Waals surface area contributed by atoms with Gasteiger partial charge in [0, 0.05) is 5.56 Å². The maximum absolute atomic E-state index is 15.0. The molecule has 2 aromatic rings. The van der Waals surface area contributed by atoms with Gasteiger partial charge in [-0.25, -0.2) is 8.78 Å². The Kier molecular flexibility index (Phi) is 6.66. The van der Waals surface area contributed by atoms with Crippen LogP contribution in [0.25, 0.3) is 11.1 Å². The van der Waals surface area contributed by atoms with Gasteiger partial charge in [-0.3, -0.25) is 0 Å². The predicted octanol–water partition coefficient (Wildman–Crippen LogP) is 8.50. The lowest BCUT2D eigenvalue weighted by atomic mass is 9.77. The molecule has 1 aliphatic carbocycles. The van der Waals surface area contributed by atoms with E-state index in [1.807, 2.05) is 0 Å². The van der Waals surface area contributed by atoms with Crippen molar-refractivity contribution in [2.45, 2.75) is 75.7 Å². The number of alkyl halides is 7. The second-order valence-electron chi connectivity index (χ2n) is 9.29. The summed E-state index contributed by atoms with van der Waals surface area (Å²) >= 11 is 0. The third-order valence-electron chi connectivity index (χ3n) is 7.15. The highest BCUT2D eigenvalue weighted by Crippen LogP contribution is 2.51. The zero-order chi connectivity index (χ0) is 25.8. The molecule has 0 amide bonds. The minimum atomic E-state index is -6.25. The van der Waals surface area contributed by atoms with Crippen LogP contribution in [-0.2, 0) is 17.3 Å². The smallest absolute Gasteiger partial charge is 0.360 e. The van der Waals surface area contributed by atoms with Gasteiger partial charge in [0.05, 0.1) is 12.2 Å². The van der Waals surface area contributed by atoms with Crippen molar-refractivity contribution in [3.63, 3.8) is 0 Å². The first-order chi connectivity index (χ1) is 16.3. The molecule has 1 saturated carbocycles. The van der Waals surface area contributed by atoms with E-state index in [4.69, 9.17) is 0 Å². The molecule has 4 rings (SSSR count). The van der Waals surface area contributed by atoms with Gasteiger partial charge in [-0.2, -0.15) is 30.7 Å². The summed E-state index contributed by atoms with van der Waals surface area (Å²) in [4.78, 5) is 0. The van der Waals surface area contributed by atoms with Crippen molar-refractivity contribution in [1.29, 1.82) is 0 Å². The fraction of sp³-hybridized carbons (Fsp3) is 0.520. The second-order valence-corrected chi connectivity index (χ2v) is 9.29. The summed E-state index contributed by atoms with van der Waals surface area (Å²) in [5.74, 6) is -11.7. The van der Waals surface area contributed by atoms with Crippen molar-refractivity contribution in [3.05, 3.63) is 58.7 Å². The Labute approximate surface area is 196 Å². The first-order valence-electron chi connectivity index (χ1n) is 11.3. The van der Waals surface area contributed by atoms with Gasteiger partial charge in [-0.05, 0) is 72.4 Å². The van der Waals surface area contributed by atoms with Gasteiger partial charge in [-0.1, -0.05) is 25.5 Å². The third-order valence-corrected chi connectivity index (χ3v) is 7.15. The highest BCUT2D eigenvalue weighted by molar-refractivity contribution is 5.67. The first kappa shape index (κ1) is 25.9. The van der Waals surface area contributed by atoms with Crippen LogP contribution in [-0.4, -0.2) is 18.2 Å². The van der Waals surface area contributed by atoms with E-state index in [9.17, 15) is 39.5 Å². The maximum atomic E-state index is 15.0. The number of hydrogen-bond donors (Lipinski definition) is 0. The number of rotatable bonds is 4. The van der Waals surface area contributed by atoms with Gasteiger partial charge in [0.1, 0.15) is 11.6 Å². The Morgan fingerprint density at radius 2 is 1.51 bits per heavy atom. The van der Waals surface area contributed by atoms with Gasteiger partial charge in [0.2, 0.25) is 0 Å². The predicted molar refractivity (Wildman–Crippen MR) is 110 cm³/mol. The van der Waals surface area contributed by atoms with Gasteiger partial charge in [-0.15, -0.1) is 0 Å².